The molecule has 1 aromatic carbocycles. The third kappa shape index (κ3) is 4.95. The van der Waals surface area contributed by atoms with Gasteiger partial charge in [-0.2, -0.15) is 0 Å². The van der Waals surface area contributed by atoms with Crippen LogP contribution in [0.5, 0.6) is 0 Å². The van der Waals surface area contributed by atoms with E-state index in [9.17, 15) is 9.90 Å². The van der Waals surface area contributed by atoms with Crippen molar-refractivity contribution in [2.24, 2.45) is 5.92 Å². The van der Waals surface area contributed by atoms with Gasteiger partial charge in [0.15, 0.2) is 0 Å². The number of ether oxygens (including phenoxy) is 1. The average Bonchev–Trinajstić information content (AvgIpc) is 3.44. The minimum absolute atomic E-state index is 0.194. The van der Waals surface area contributed by atoms with Crippen molar-refractivity contribution in [3.8, 4) is 0 Å². The first-order chi connectivity index (χ1) is 11.8. The van der Waals surface area contributed by atoms with Crippen LogP contribution in [-0.4, -0.2) is 47.9 Å². The molecule has 1 saturated carbocycles. The van der Waals surface area contributed by atoms with Gasteiger partial charge in [-0.3, -0.25) is 0 Å². The summed E-state index contributed by atoms with van der Waals surface area (Å²) in [4.78, 5) is 14.2. The van der Waals surface area contributed by atoms with Gasteiger partial charge in [-0.15, -0.1) is 0 Å². The largest absolute Gasteiger partial charge is 0.445 e. The number of nitrogens with one attached hydrogen (secondary N) is 1. The second-order valence-electron chi connectivity index (χ2n) is 6.95. The third-order valence-electron chi connectivity index (χ3n) is 4.96. The number of piperidine rings is 1. The first-order valence-electron chi connectivity index (χ1n) is 9.09. The molecule has 2 fully saturated rings. The number of hydrogen-bond donors (Lipinski definition) is 2. The van der Waals surface area contributed by atoms with E-state index in [1.165, 1.54) is 12.8 Å². The fourth-order valence-corrected chi connectivity index (χ4v) is 3.46. The molecule has 0 spiro atoms. The highest BCUT2D eigenvalue weighted by molar-refractivity contribution is 5.67. The maximum absolute atomic E-state index is 12.4. The summed E-state index contributed by atoms with van der Waals surface area (Å²) in [7, 11) is 0. The average molecular weight is 332 g/mol. The number of rotatable bonds is 7. The number of aliphatic hydroxyl groups is 1. The van der Waals surface area contributed by atoms with E-state index in [0.717, 1.165) is 37.9 Å². The number of carbonyl (C=O) groups excluding carboxylic acids is 1. The normalized spacial score (nSPS) is 22.2. The van der Waals surface area contributed by atoms with E-state index in [1.807, 2.05) is 35.2 Å². The monoisotopic (exact) mass is 332 g/mol. The van der Waals surface area contributed by atoms with Crippen LogP contribution in [0.1, 0.15) is 37.7 Å². The summed E-state index contributed by atoms with van der Waals surface area (Å²) in [5.74, 6) is 0.399. The van der Waals surface area contributed by atoms with E-state index in [1.54, 1.807) is 0 Å². The van der Waals surface area contributed by atoms with Gasteiger partial charge in [-0.05, 0) is 43.6 Å². The van der Waals surface area contributed by atoms with Crippen molar-refractivity contribution < 1.29 is 14.6 Å². The zero-order chi connectivity index (χ0) is 16.8. The van der Waals surface area contributed by atoms with Gasteiger partial charge in [0.1, 0.15) is 6.61 Å². The Morgan fingerprint density at radius 3 is 2.79 bits per heavy atom. The van der Waals surface area contributed by atoms with E-state index in [-0.39, 0.29) is 12.7 Å². The van der Waals surface area contributed by atoms with Crippen LogP contribution < -0.4 is 5.32 Å². The van der Waals surface area contributed by atoms with Crippen molar-refractivity contribution in [3.05, 3.63) is 35.9 Å². The lowest BCUT2D eigenvalue weighted by Gasteiger charge is -2.36. The van der Waals surface area contributed by atoms with Gasteiger partial charge in [-0.25, -0.2) is 4.79 Å². The maximum atomic E-state index is 12.4. The lowest BCUT2D eigenvalue weighted by Crippen LogP contribution is -2.48. The molecule has 5 heteroatoms. The van der Waals surface area contributed by atoms with E-state index < -0.39 is 0 Å². The van der Waals surface area contributed by atoms with Crippen molar-refractivity contribution in [2.45, 2.75) is 50.8 Å². The fourth-order valence-electron chi connectivity index (χ4n) is 3.46. The highest BCUT2D eigenvalue weighted by Gasteiger charge is 2.33. The fraction of sp³-hybridized carbons (Fsp3) is 0.632. The van der Waals surface area contributed by atoms with Gasteiger partial charge in [0.05, 0.1) is 0 Å². The highest BCUT2D eigenvalue weighted by atomic mass is 16.6. The topological polar surface area (TPSA) is 61.8 Å². The highest BCUT2D eigenvalue weighted by Crippen LogP contribution is 2.26. The molecule has 24 heavy (non-hydrogen) atoms. The second kappa shape index (κ2) is 8.49. The molecule has 2 aliphatic rings. The van der Waals surface area contributed by atoms with Crippen LogP contribution in [0.15, 0.2) is 30.3 Å². The standard InChI is InChI=1S/C19H28N2O3/c22-12-10-18(20-17-8-9-17)16-7-4-11-21(13-16)19(23)24-14-15-5-2-1-3-6-15/h1-3,5-6,16-18,20,22H,4,7-14H2/t16-,18+/m1/s1. The Kier molecular flexibility index (Phi) is 6.10. The quantitative estimate of drug-likeness (QED) is 0.805. The van der Waals surface area contributed by atoms with Crippen molar-refractivity contribution in [1.82, 2.24) is 10.2 Å². The molecule has 1 aromatic rings. The Hall–Kier alpha value is -1.59. The van der Waals surface area contributed by atoms with Crippen molar-refractivity contribution in [3.63, 3.8) is 0 Å². The van der Waals surface area contributed by atoms with Gasteiger partial charge >= 0.3 is 6.09 Å². The molecule has 0 radical (unpaired) electrons. The first kappa shape index (κ1) is 17.2. The van der Waals surface area contributed by atoms with Gasteiger partial charge in [0, 0.05) is 31.8 Å². The minimum Gasteiger partial charge on any atom is -0.445 e. The third-order valence-corrected chi connectivity index (χ3v) is 4.96. The molecular weight excluding hydrogens is 304 g/mol. The number of benzene rings is 1. The number of nitrogens with zero attached hydrogens (tertiary/aromatic N) is 1. The van der Waals surface area contributed by atoms with Crippen molar-refractivity contribution in [1.29, 1.82) is 0 Å². The molecule has 0 unspecified atom stereocenters. The van der Waals surface area contributed by atoms with Crippen LogP contribution in [0.25, 0.3) is 0 Å². The molecule has 3 rings (SSSR count). The summed E-state index contributed by atoms with van der Waals surface area (Å²) in [6, 6.07) is 10.7. The molecule has 1 amide bonds. The number of carbonyl (C=O) groups is 1. The van der Waals surface area contributed by atoms with E-state index >= 15 is 0 Å². The molecule has 1 aliphatic carbocycles. The Morgan fingerprint density at radius 2 is 2.08 bits per heavy atom. The molecule has 2 atom stereocenters. The van der Waals surface area contributed by atoms with Crippen LogP contribution in [0.4, 0.5) is 4.79 Å². The minimum atomic E-state index is -0.224. The Labute approximate surface area is 144 Å². The van der Waals surface area contributed by atoms with Crippen LogP contribution in [0.3, 0.4) is 0 Å². The van der Waals surface area contributed by atoms with Gasteiger partial charge < -0.3 is 20.1 Å². The molecule has 0 aromatic heterocycles. The Bertz CT molecular complexity index is 519. The summed E-state index contributed by atoms with van der Waals surface area (Å²) in [6.07, 6.45) is 5.10. The summed E-state index contributed by atoms with van der Waals surface area (Å²) in [6.45, 7) is 2.00. The Balaban J connectivity index is 1.50. The smallest absolute Gasteiger partial charge is 0.410 e. The van der Waals surface area contributed by atoms with Crippen LogP contribution in [0.2, 0.25) is 0 Å². The molecule has 0 bridgehead atoms. The molecule has 1 aliphatic heterocycles. The summed E-state index contributed by atoms with van der Waals surface area (Å²) in [5.41, 5.74) is 1.01. The molecule has 1 heterocycles. The number of amides is 1. The Morgan fingerprint density at radius 1 is 1.29 bits per heavy atom. The van der Waals surface area contributed by atoms with E-state index in [2.05, 4.69) is 5.32 Å². The number of aliphatic hydroxyl groups excluding tert-OH is 1. The lowest BCUT2D eigenvalue weighted by molar-refractivity contribution is 0.0711. The number of hydrogen-bond acceptors (Lipinski definition) is 4. The van der Waals surface area contributed by atoms with Crippen LogP contribution in [-0.2, 0) is 11.3 Å². The maximum Gasteiger partial charge on any atom is 0.410 e. The molecule has 132 valence electrons. The lowest BCUT2D eigenvalue weighted by atomic mass is 9.89. The molecular formula is C19H28N2O3. The van der Waals surface area contributed by atoms with Crippen LogP contribution in [0, 0.1) is 5.92 Å². The molecule has 1 saturated heterocycles. The van der Waals surface area contributed by atoms with Gasteiger partial charge in [0.25, 0.3) is 0 Å². The zero-order valence-electron chi connectivity index (χ0n) is 14.2. The summed E-state index contributed by atoms with van der Waals surface area (Å²) < 4.78 is 5.47. The molecule has 5 nitrogen and oxygen atoms in total. The van der Waals surface area contributed by atoms with Crippen molar-refractivity contribution in [2.75, 3.05) is 19.7 Å². The van der Waals surface area contributed by atoms with Gasteiger partial charge in [0.2, 0.25) is 0 Å². The predicted octanol–water partition coefficient (Wildman–Crippen LogP) is 2.54. The van der Waals surface area contributed by atoms with E-state index in [0.29, 0.717) is 24.6 Å². The second-order valence-corrected chi connectivity index (χ2v) is 6.95. The summed E-state index contributed by atoms with van der Waals surface area (Å²) >= 11 is 0. The SMILES string of the molecule is O=C(OCc1ccccc1)N1CCC[C@@H]([C@H](CCO)NC2CC2)C1. The zero-order valence-corrected chi connectivity index (χ0v) is 14.2. The molecule has 2 N–H and O–H groups in total. The number of likely N-dealkylation sites (tertiary alicyclic amines) is 1. The first-order valence-corrected chi connectivity index (χ1v) is 9.09. The van der Waals surface area contributed by atoms with E-state index in [4.69, 9.17) is 4.74 Å². The summed E-state index contributed by atoms with van der Waals surface area (Å²) in [5, 5.41) is 13.0. The predicted molar refractivity (Wildman–Crippen MR) is 92.6 cm³/mol. The van der Waals surface area contributed by atoms with Crippen LogP contribution >= 0.6 is 0 Å². The van der Waals surface area contributed by atoms with Crippen molar-refractivity contribution >= 4 is 6.09 Å². The van der Waals surface area contributed by atoms with Gasteiger partial charge in [-0.1, -0.05) is 30.3 Å².